The summed E-state index contributed by atoms with van der Waals surface area (Å²) in [5.41, 5.74) is 1.60. The fourth-order valence-corrected chi connectivity index (χ4v) is 6.63. The number of alkyl halides is 2. The summed E-state index contributed by atoms with van der Waals surface area (Å²) in [4.78, 5) is 42.2. The Morgan fingerprint density at radius 1 is 1.10 bits per heavy atom. The maximum atomic E-state index is 15.0. The number of amides is 1. The zero-order valence-electron chi connectivity index (χ0n) is 23.6. The number of ether oxygens (including phenoxy) is 1. The second-order valence-corrected chi connectivity index (χ2v) is 12.3. The standard InChI is InChI=1S/C27H37F2N6O6P/c1-34-22-15-30-26(33-24(22)35(16-27(28,29)25(34)36)19-6-4-3-5-7-19)32-21-13-10-18(14-23(21)40-2)31-17-8-11-20(12-9-17)41-42(37,38)39/h10,13-15,17,19-20,31H,3-9,11-12,16H2,1-2H3,(H,30,32,33)(H2,37,38,39)/t17-,20-. The minimum atomic E-state index is -4.50. The molecule has 42 heavy (non-hydrogen) atoms. The lowest BCUT2D eigenvalue weighted by Gasteiger charge is -2.35. The number of nitrogens with one attached hydrogen (secondary N) is 2. The van der Waals surface area contributed by atoms with Gasteiger partial charge in [0.05, 0.1) is 31.6 Å². The molecule has 0 unspecified atom stereocenters. The van der Waals surface area contributed by atoms with Gasteiger partial charge < -0.3 is 35.0 Å². The van der Waals surface area contributed by atoms with Crippen LogP contribution in [-0.4, -0.2) is 70.5 Å². The lowest BCUT2D eigenvalue weighted by atomic mass is 9.93. The van der Waals surface area contributed by atoms with E-state index in [9.17, 15) is 18.1 Å². The summed E-state index contributed by atoms with van der Waals surface area (Å²) in [6.45, 7) is -0.735. The minimum Gasteiger partial charge on any atom is -0.494 e. The van der Waals surface area contributed by atoms with Crippen LogP contribution in [0.4, 0.5) is 37.6 Å². The number of carbonyl (C=O) groups is 1. The van der Waals surface area contributed by atoms with Crippen LogP contribution >= 0.6 is 7.82 Å². The van der Waals surface area contributed by atoms with Gasteiger partial charge in [0.15, 0.2) is 5.82 Å². The average molecular weight is 611 g/mol. The predicted molar refractivity (Wildman–Crippen MR) is 154 cm³/mol. The van der Waals surface area contributed by atoms with Gasteiger partial charge in [-0.05, 0) is 50.7 Å². The largest absolute Gasteiger partial charge is 0.494 e. The van der Waals surface area contributed by atoms with Gasteiger partial charge in [-0.1, -0.05) is 19.3 Å². The van der Waals surface area contributed by atoms with E-state index >= 15 is 0 Å². The van der Waals surface area contributed by atoms with Gasteiger partial charge in [-0.15, -0.1) is 0 Å². The summed E-state index contributed by atoms with van der Waals surface area (Å²) in [6, 6.07) is 5.41. The molecular weight excluding hydrogens is 573 g/mol. The summed E-state index contributed by atoms with van der Waals surface area (Å²) in [5, 5.41) is 6.57. The summed E-state index contributed by atoms with van der Waals surface area (Å²) in [7, 11) is -1.66. The van der Waals surface area contributed by atoms with Crippen LogP contribution in [0.3, 0.4) is 0 Å². The lowest BCUT2D eigenvalue weighted by Crippen LogP contribution is -2.49. The third-order valence-electron chi connectivity index (χ3n) is 8.16. The van der Waals surface area contributed by atoms with Crippen molar-refractivity contribution < 1.29 is 37.2 Å². The molecule has 1 amide bonds. The number of benzene rings is 1. The Morgan fingerprint density at radius 3 is 2.48 bits per heavy atom. The highest BCUT2D eigenvalue weighted by molar-refractivity contribution is 7.46. The maximum Gasteiger partial charge on any atom is 0.469 e. The zero-order chi connectivity index (χ0) is 30.1. The monoisotopic (exact) mass is 610 g/mol. The van der Waals surface area contributed by atoms with Gasteiger partial charge in [0.2, 0.25) is 5.95 Å². The van der Waals surface area contributed by atoms with Gasteiger partial charge in [0.25, 0.3) is 5.91 Å². The summed E-state index contributed by atoms with van der Waals surface area (Å²) < 4.78 is 51.5. The number of hydrogen-bond acceptors (Lipinski definition) is 9. The lowest BCUT2D eigenvalue weighted by molar-refractivity contribution is -0.140. The topological polar surface area (TPSA) is 149 Å². The fraction of sp³-hybridized carbons (Fsp3) is 0.593. The number of phosphoric acid groups is 1. The summed E-state index contributed by atoms with van der Waals surface area (Å²) in [6.07, 6.45) is 7.77. The number of halogens is 2. The number of methoxy groups -OCH3 is 1. The number of aromatic nitrogens is 2. The van der Waals surface area contributed by atoms with E-state index in [0.29, 0.717) is 42.9 Å². The Labute approximate surface area is 243 Å². The molecule has 0 atom stereocenters. The molecule has 2 aliphatic carbocycles. The van der Waals surface area contributed by atoms with Crippen molar-refractivity contribution in [3.05, 3.63) is 24.4 Å². The molecule has 2 heterocycles. The number of phosphoric ester groups is 1. The molecule has 3 aliphatic rings. The van der Waals surface area contributed by atoms with Crippen molar-refractivity contribution in [2.45, 2.75) is 81.9 Å². The molecule has 0 spiro atoms. The van der Waals surface area contributed by atoms with E-state index in [0.717, 1.165) is 42.7 Å². The van der Waals surface area contributed by atoms with Gasteiger partial charge in [0, 0.05) is 30.9 Å². The van der Waals surface area contributed by atoms with Crippen LogP contribution in [0.2, 0.25) is 0 Å². The van der Waals surface area contributed by atoms with Gasteiger partial charge in [-0.25, -0.2) is 9.55 Å². The number of fused-ring (bicyclic) bond motifs is 1. The normalized spacial score (nSPS) is 23.2. The fourth-order valence-electron chi connectivity index (χ4n) is 6.03. The first kappa shape index (κ1) is 30.4. The van der Waals surface area contributed by atoms with Crippen LogP contribution in [-0.2, 0) is 13.9 Å². The first-order chi connectivity index (χ1) is 19.9. The van der Waals surface area contributed by atoms with Crippen LogP contribution in [0.25, 0.3) is 0 Å². The van der Waals surface area contributed by atoms with Crippen molar-refractivity contribution in [3.8, 4) is 5.75 Å². The Hall–Kier alpha value is -3.06. The number of nitrogens with zero attached hydrogens (tertiary/aromatic N) is 4. The molecule has 12 nitrogen and oxygen atoms in total. The van der Waals surface area contributed by atoms with Crippen molar-refractivity contribution >= 4 is 42.6 Å². The van der Waals surface area contributed by atoms with E-state index in [1.165, 1.54) is 20.4 Å². The van der Waals surface area contributed by atoms with Gasteiger partial charge in [0.1, 0.15) is 11.4 Å². The Bertz CT molecular complexity index is 1330. The highest BCUT2D eigenvalue weighted by atomic mass is 31.2. The van der Waals surface area contributed by atoms with Crippen LogP contribution < -0.4 is 25.2 Å². The Kier molecular flexibility index (Phi) is 8.89. The van der Waals surface area contributed by atoms with Crippen molar-refractivity contribution in [1.29, 1.82) is 0 Å². The Balaban J connectivity index is 1.33. The van der Waals surface area contributed by atoms with Crippen LogP contribution in [0.5, 0.6) is 5.75 Å². The quantitative estimate of drug-likeness (QED) is 0.305. The number of hydrogen-bond donors (Lipinski definition) is 4. The third kappa shape index (κ3) is 6.94. The number of rotatable bonds is 8. The van der Waals surface area contributed by atoms with Crippen molar-refractivity contribution in [2.75, 3.05) is 41.1 Å². The minimum absolute atomic E-state index is 0.0987. The van der Waals surface area contributed by atoms with Crippen molar-refractivity contribution in [1.82, 2.24) is 9.97 Å². The van der Waals surface area contributed by atoms with E-state index in [4.69, 9.17) is 19.0 Å². The molecule has 1 aromatic heterocycles. The molecule has 2 aromatic rings. The van der Waals surface area contributed by atoms with E-state index in [1.807, 2.05) is 12.1 Å². The van der Waals surface area contributed by atoms with Gasteiger partial charge in [-0.3, -0.25) is 9.32 Å². The molecule has 0 saturated heterocycles. The van der Waals surface area contributed by atoms with Crippen LogP contribution in [0.1, 0.15) is 57.8 Å². The first-order valence-corrected chi connectivity index (χ1v) is 15.7. The molecule has 0 bridgehead atoms. The molecule has 0 radical (unpaired) electrons. The molecule has 2 saturated carbocycles. The van der Waals surface area contributed by atoms with Gasteiger partial charge >= 0.3 is 13.7 Å². The Morgan fingerprint density at radius 2 is 1.81 bits per heavy atom. The molecule has 15 heteroatoms. The number of carbonyl (C=O) groups excluding carboxylic acids is 1. The molecule has 2 fully saturated rings. The van der Waals surface area contributed by atoms with Crippen molar-refractivity contribution in [2.24, 2.45) is 0 Å². The van der Waals surface area contributed by atoms with Crippen molar-refractivity contribution in [3.63, 3.8) is 0 Å². The molecule has 5 rings (SSSR count). The molecule has 230 valence electrons. The summed E-state index contributed by atoms with van der Waals surface area (Å²) >= 11 is 0. The second kappa shape index (κ2) is 12.3. The van der Waals surface area contributed by atoms with Crippen LogP contribution in [0, 0.1) is 0 Å². The highest BCUT2D eigenvalue weighted by Gasteiger charge is 2.48. The third-order valence-corrected chi connectivity index (χ3v) is 8.74. The second-order valence-electron chi connectivity index (χ2n) is 11.1. The van der Waals surface area contributed by atoms with E-state index in [1.54, 1.807) is 11.0 Å². The summed E-state index contributed by atoms with van der Waals surface area (Å²) in [5.74, 6) is -3.86. The smallest absolute Gasteiger partial charge is 0.469 e. The average Bonchev–Trinajstić information content (AvgIpc) is 3.03. The molecule has 4 N–H and O–H groups in total. The zero-order valence-corrected chi connectivity index (χ0v) is 24.5. The molecule has 1 aliphatic heterocycles. The first-order valence-electron chi connectivity index (χ1n) is 14.2. The van der Waals surface area contributed by atoms with Gasteiger partial charge in [-0.2, -0.15) is 13.8 Å². The van der Waals surface area contributed by atoms with E-state index < -0.39 is 32.3 Å². The van der Waals surface area contributed by atoms with Crippen LogP contribution in [0.15, 0.2) is 24.4 Å². The predicted octanol–water partition coefficient (Wildman–Crippen LogP) is 4.81. The SMILES string of the molecule is COc1cc(N[C@H]2CC[C@H](OP(=O)(O)O)CC2)ccc1Nc1ncc2c(n1)N(C1CCCCC1)CC(F)(F)C(=O)N2C. The van der Waals surface area contributed by atoms with E-state index in [2.05, 4.69) is 20.6 Å². The molecular formula is C27H37F2N6O6P. The maximum absolute atomic E-state index is 15.0. The highest BCUT2D eigenvalue weighted by Crippen LogP contribution is 2.42. The number of anilines is 5. The van der Waals surface area contributed by atoms with E-state index in [-0.39, 0.29) is 23.7 Å². The molecule has 1 aromatic carbocycles.